The zero-order chi connectivity index (χ0) is 18.0. The lowest BCUT2D eigenvalue weighted by Gasteiger charge is -2.29. The highest BCUT2D eigenvalue weighted by molar-refractivity contribution is 6.08. The monoisotopic (exact) mass is 349 g/mol. The Morgan fingerprint density at radius 1 is 1.40 bits per heavy atom. The minimum absolute atomic E-state index is 0.0348. The first kappa shape index (κ1) is 17.6. The topological polar surface area (TPSA) is 71.3 Å². The van der Waals surface area contributed by atoms with Gasteiger partial charge in [-0.05, 0) is 24.6 Å². The number of rotatable bonds is 5. The molecule has 1 aromatic carbocycles. The molecular weight excluding hydrogens is 327 g/mol. The molecule has 0 bridgehead atoms. The molecule has 1 saturated heterocycles. The first-order valence-electron chi connectivity index (χ1n) is 8.41. The van der Waals surface area contributed by atoms with Crippen LogP contribution >= 0.6 is 0 Å². The van der Waals surface area contributed by atoms with Crippen molar-refractivity contribution in [3.05, 3.63) is 47.0 Å². The number of morpholine rings is 1. The molecule has 2 heterocycles. The molecule has 2 aliphatic rings. The number of benzene rings is 1. The van der Waals surface area contributed by atoms with Gasteiger partial charge in [0.1, 0.15) is 18.9 Å². The van der Waals surface area contributed by atoms with Gasteiger partial charge in [0.25, 0.3) is 5.91 Å². The molecule has 1 fully saturated rings. The Bertz CT molecular complexity index is 713. The number of amides is 1. The molecule has 0 aliphatic carbocycles. The SMILES string of the molecule is CC(=O)C1=C(O)C(=O)N(CC[NH+]2CCOCC2)[C@H]1c1cccc(F)c1. The zero-order valence-electron chi connectivity index (χ0n) is 14.1. The molecule has 2 aliphatic heterocycles. The molecule has 1 amide bonds. The summed E-state index contributed by atoms with van der Waals surface area (Å²) >= 11 is 0. The molecule has 1 atom stereocenters. The number of quaternary nitrogens is 1. The number of ether oxygens (including phenoxy) is 1. The molecule has 7 heteroatoms. The molecule has 0 radical (unpaired) electrons. The van der Waals surface area contributed by atoms with Crippen molar-refractivity contribution in [2.24, 2.45) is 0 Å². The molecule has 2 N–H and O–H groups in total. The van der Waals surface area contributed by atoms with Crippen LogP contribution in [-0.2, 0) is 14.3 Å². The second kappa shape index (κ2) is 7.33. The van der Waals surface area contributed by atoms with Crippen LogP contribution in [0.25, 0.3) is 0 Å². The molecule has 1 aromatic rings. The number of hydrogen-bond donors (Lipinski definition) is 2. The zero-order valence-corrected chi connectivity index (χ0v) is 14.1. The predicted molar refractivity (Wildman–Crippen MR) is 87.6 cm³/mol. The van der Waals surface area contributed by atoms with Gasteiger partial charge < -0.3 is 19.6 Å². The van der Waals surface area contributed by atoms with Gasteiger partial charge in [0.05, 0.1) is 37.9 Å². The summed E-state index contributed by atoms with van der Waals surface area (Å²) in [6.07, 6.45) is 0. The third-order valence-corrected chi connectivity index (χ3v) is 4.75. The number of aliphatic hydroxyl groups excluding tert-OH is 1. The Hall–Kier alpha value is -2.25. The molecule has 0 spiro atoms. The highest BCUT2D eigenvalue weighted by Gasteiger charge is 2.42. The molecule has 0 unspecified atom stereocenters. The number of nitrogens with zero attached hydrogens (tertiary/aromatic N) is 1. The van der Waals surface area contributed by atoms with E-state index in [4.69, 9.17) is 4.74 Å². The third-order valence-electron chi connectivity index (χ3n) is 4.75. The summed E-state index contributed by atoms with van der Waals surface area (Å²) in [6, 6.07) is 5.06. The van der Waals surface area contributed by atoms with E-state index in [0.29, 0.717) is 31.9 Å². The number of ketones is 1. The van der Waals surface area contributed by atoms with Gasteiger partial charge in [-0.2, -0.15) is 0 Å². The maximum absolute atomic E-state index is 13.7. The van der Waals surface area contributed by atoms with E-state index in [1.54, 1.807) is 6.07 Å². The minimum Gasteiger partial charge on any atom is -0.503 e. The fourth-order valence-electron chi connectivity index (χ4n) is 3.46. The van der Waals surface area contributed by atoms with Crippen LogP contribution in [0.5, 0.6) is 0 Å². The van der Waals surface area contributed by atoms with Crippen LogP contribution in [0.1, 0.15) is 18.5 Å². The average Bonchev–Trinajstić information content (AvgIpc) is 2.85. The summed E-state index contributed by atoms with van der Waals surface area (Å²) in [5.41, 5.74) is 0.521. The molecule has 0 aromatic heterocycles. The van der Waals surface area contributed by atoms with E-state index in [1.165, 1.54) is 34.9 Å². The molecule has 25 heavy (non-hydrogen) atoms. The summed E-state index contributed by atoms with van der Waals surface area (Å²) in [5.74, 6) is -1.94. The van der Waals surface area contributed by atoms with E-state index < -0.39 is 23.5 Å². The van der Waals surface area contributed by atoms with E-state index in [1.807, 2.05) is 0 Å². The lowest BCUT2D eigenvalue weighted by atomic mass is 9.96. The molecule has 6 nitrogen and oxygen atoms in total. The van der Waals surface area contributed by atoms with Gasteiger partial charge in [0.2, 0.25) is 0 Å². The first-order valence-corrected chi connectivity index (χ1v) is 8.41. The number of hydrogen-bond acceptors (Lipinski definition) is 4. The summed E-state index contributed by atoms with van der Waals surface area (Å²) in [6.45, 7) is 5.42. The summed E-state index contributed by atoms with van der Waals surface area (Å²) in [5, 5.41) is 10.2. The van der Waals surface area contributed by atoms with E-state index in [9.17, 15) is 19.1 Å². The maximum Gasteiger partial charge on any atom is 0.290 e. The molecule has 0 saturated carbocycles. The van der Waals surface area contributed by atoms with Gasteiger partial charge in [0.15, 0.2) is 11.5 Å². The Morgan fingerprint density at radius 2 is 2.12 bits per heavy atom. The number of aliphatic hydroxyl groups is 1. The van der Waals surface area contributed by atoms with Crippen LogP contribution in [0.15, 0.2) is 35.6 Å². The van der Waals surface area contributed by atoms with Crippen LogP contribution in [0.2, 0.25) is 0 Å². The van der Waals surface area contributed by atoms with Gasteiger partial charge in [-0.3, -0.25) is 9.59 Å². The van der Waals surface area contributed by atoms with Crippen molar-refractivity contribution in [1.29, 1.82) is 0 Å². The highest BCUT2D eigenvalue weighted by Crippen LogP contribution is 2.37. The average molecular weight is 349 g/mol. The van der Waals surface area contributed by atoms with E-state index in [2.05, 4.69) is 0 Å². The summed E-state index contributed by atoms with van der Waals surface area (Å²) in [7, 11) is 0. The number of halogens is 1. The van der Waals surface area contributed by atoms with Gasteiger partial charge >= 0.3 is 0 Å². The van der Waals surface area contributed by atoms with E-state index >= 15 is 0 Å². The van der Waals surface area contributed by atoms with Gasteiger partial charge in [0, 0.05) is 0 Å². The normalized spacial score (nSPS) is 21.9. The summed E-state index contributed by atoms with van der Waals surface area (Å²) < 4.78 is 19.0. The number of Topliss-reactive ketones (excluding diaryl/α,β-unsaturated/α-hetero) is 1. The van der Waals surface area contributed by atoms with Crippen molar-refractivity contribution in [2.45, 2.75) is 13.0 Å². The van der Waals surface area contributed by atoms with Crippen LogP contribution in [0.4, 0.5) is 4.39 Å². The van der Waals surface area contributed by atoms with Crippen LogP contribution in [0.3, 0.4) is 0 Å². The molecule has 134 valence electrons. The minimum atomic E-state index is -0.749. The molecular formula is C18H22FN2O4+. The maximum atomic E-state index is 13.7. The van der Waals surface area contributed by atoms with Crippen molar-refractivity contribution in [3.8, 4) is 0 Å². The van der Waals surface area contributed by atoms with Crippen molar-refractivity contribution in [2.75, 3.05) is 39.4 Å². The van der Waals surface area contributed by atoms with Crippen molar-refractivity contribution < 1.29 is 28.7 Å². The van der Waals surface area contributed by atoms with Gasteiger partial charge in [-0.1, -0.05) is 12.1 Å². The van der Waals surface area contributed by atoms with Gasteiger partial charge in [-0.15, -0.1) is 0 Å². The fourth-order valence-corrected chi connectivity index (χ4v) is 3.46. The predicted octanol–water partition coefficient (Wildman–Crippen LogP) is 0.0252. The van der Waals surface area contributed by atoms with Crippen molar-refractivity contribution >= 4 is 11.7 Å². The second-order valence-corrected chi connectivity index (χ2v) is 6.39. The third kappa shape index (κ3) is 3.57. The van der Waals surface area contributed by atoms with E-state index in [-0.39, 0.29) is 11.4 Å². The number of carbonyl (C=O) groups excluding carboxylic acids is 2. The number of nitrogens with one attached hydrogen (secondary N) is 1. The Kier molecular flexibility index (Phi) is 5.15. The lowest BCUT2D eigenvalue weighted by molar-refractivity contribution is -0.907. The smallest absolute Gasteiger partial charge is 0.290 e. The van der Waals surface area contributed by atoms with Gasteiger partial charge in [-0.25, -0.2) is 4.39 Å². The standard InChI is InChI=1S/C18H21FN2O4/c1-12(22)15-16(13-3-2-4-14(19)11-13)21(18(24)17(15)23)6-5-20-7-9-25-10-8-20/h2-4,11,16,23H,5-10H2,1H3/p+1/t16-/m0/s1. The largest absolute Gasteiger partial charge is 0.503 e. The fraction of sp³-hybridized carbons (Fsp3) is 0.444. The lowest BCUT2D eigenvalue weighted by Crippen LogP contribution is -3.14. The van der Waals surface area contributed by atoms with Crippen LogP contribution < -0.4 is 4.90 Å². The van der Waals surface area contributed by atoms with Crippen LogP contribution in [-0.4, -0.2) is 61.1 Å². The Balaban J connectivity index is 1.87. The summed E-state index contributed by atoms with van der Waals surface area (Å²) in [4.78, 5) is 27.3. The quantitative estimate of drug-likeness (QED) is 0.787. The van der Waals surface area contributed by atoms with Crippen molar-refractivity contribution in [3.63, 3.8) is 0 Å². The second-order valence-electron chi connectivity index (χ2n) is 6.39. The van der Waals surface area contributed by atoms with Crippen LogP contribution in [0, 0.1) is 5.82 Å². The molecule has 3 rings (SSSR count). The number of carbonyl (C=O) groups is 2. The Morgan fingerprint density at radius 3 is 2.76 bits per heavy atom. The van der Waals surface area contributed by atoms with Crippen molar-refractivity contribution in [1.82, 2.24) is 4.90 Å². The first-order chi connectivity index (χ1) is 12.0. The van der Waals surface area contributed by atoms with E-state index in [0.717, 1.165) is 13.1 Å². The Labute approximate surface area is 145 Å². The highest BCUT2D eigenvalue weighted by atomic mass is 19.1.